The lowest BCUT2D eigenvalue weighted by atomic mass is 9.89. The summed E-state index contributed by atoms with van der Waals surface area (Å²) in [6.45, 7) is 5.19. The number of aliphatic imine (C=N–C) groups is 1. The molecule has 0 unspecified atom stereocenters. The summed E-state index contributed by atoms with van der Waals surface area (Å²) in [4.78, 5) is 6.48. The molecule has 4 rings (SSSR count). The minimum Gasteiger partial charge on any atom is -0.618 e. The number of fused-ring (bicyclic) bond motifs is 3. The van der Waals surface area contributed by atoms with E-state index in [1.165, 1.54) is 6.07 Å². The molecule has 2 heterocycles. The topological polar surface area (TPSA) is 41.7 Å². The van der Waals surface area contributed by atoms with Gasteiger partial charge in [-0.25, -0.2) is 0 Å². The molecule has 0 bridgehead atoms. The van der Waals surface area contributed by atoms with Crippen LogP contribution in [0.1, 0.15) is 25.0 Å². The Hall–Kier alpha value is -2.83. The monoisotopic (exact) mass is 373 g/mol. The maximum atomic E-state index is 13.2. The first-order valence-electron chi connectivity index (χ1n) is 8.61. The SMILES string of the molecule is CC1(C)CN=C2C(c3ccccc3)=[N+]([O-])c3cc(C(F)(F)F)ccc3N2C1. The van der Waals surface area contributed by atoms with Crippen LogP contribution in [0.5, 0.6) is 0 Å². The highest BCUT2D eigenvalue weighted by Crippen LogP contribution is 2.41. The molecule has 7 heteroatoms. The molecule has 0 saturated heterocycles. The molecule has 2 aromatic rings. The van der Waals surface area contributed by atoms with Crippen molar-refractivity contribution in [1.29, 1.82) is 0 Å². The summed E-state index contributed by atoms with van der Waals surface area (Å²) >= 11 is 0. The standard InChI is InChI=1S/C20H18F3N3O/c1-19(2)11-24-18-17(13-6-4-3-5-7-13)26(27)16-10-14(20(21,22)23)8-9-15(16)25(18)12-19/h3-10H,11-12H2,1-2H3. The minimum atomic E-state index is -4.52. The van der Waals surface area contributed by atoms with Crippen LogP contribution in [-0.4, -0.2) is 29.4 Å². The predicted octanol–water partition coefficient (Wildman–Crippen LogP) is 4.59. The fourth-order valence-corrected chi connectivity index (χ4v) is 3.47. The number of amidine groups is 1. The second-order valence-electron chi connectivity index (χ2n) is 7.60. The Morgan fingerprint density at radius 1 is 1.11 bits per heavy atom. The number of halogens is 3. The lowest BCUT2D eigenvalue weighted by molar-refractivity contribution is -0.358. The fourth-order valence-electron chi connectivity index (χ4n) is 3.47. The summed E-state index contributed by atoms with van der Waals surface area (Å²) in [6.07, 6.45) is -4.52. The normalized spacial score (nSPS) is 18.7. The van der Waals surface area contributed by atoms with Crippen LogP contribution in [0.15, 0.2) is 53.5 Å². The zero-order chi connectivity index (χ0) is 19.4. The third-order valence-corrected chi connectivity index (χ3v) is 4.77. The maximum Gasteiger partial charge on any atom is 0.416 e. The van der Waals surface area contributed by atoms with Crippen LogP contribution in [0.3, 0.4) is 0 Å². The highest BCUT2D eigenvalue weighted by Gasteiger charge is 2.42. The summed E-state index contributed by atoms with van der Waals surface area (Å²) in [5, 5.41) is 13.1. The highest BCUT2D eigenvalue weighted by atomic mass is 19.4. The van der Waals surface area contributed by atoms with Crippen molar-refractivity contribution in [3.8, 4) is 0 Å². The van der Waals surface area contributed by atoms with Gasteiger partial charge in [-0.1, -0.05) is 32.0 Å². The zero-order valence-electron chi connectivity index (χ0n) is 14.9. The number of hydrogen-bond donors (Lipinski definition) is 0. The van der Waals surface area contributed by atoms with E-state index in [-0.39, 0.29) is 16.8 Å². The van der Waals surface area contributed by atoms with Crippen LogP contribution in [0, 0.1) is 10.6 Å². The van der Waals surface area contributed by atoms with E-state index < -0.39 is 11.7 Å². The van der Waals surface area contributed by atoms with E-state index in [1.54, 1.807) is 24.3 Å². The van der Waals surface area contributed by atoms with Gasteiger partial charge in [-0.05, 0) is 24.3 Å². The molecule has 2 aliphatic rings. The van der Waals surface area contributed by atoms with Crippen LogP contribution in [0.4, 0.5) is 24.5 Å². The number of hydrogen-bond acceptors (Lipinski definition) is 3. The molecular weight excluding hydrogens is 355 g/mol. The second kappa shape index (κ2) is 5.84. The fraction of sp³-hybridized carbons (Fsp3) is 0.300. The van der Waals surface area contributed by atoms with Crippen molar-refractivity contribution in [2.45, 2.75) is 20.0 Å². The molecule has 0 saturated carbocycles. The van der Waals surface area contributed by atoms with Gasteiger partial charge in [-0.3, -0.25) is 4.99 Å². The third-order valence-electron chi connectivity index (χ3n) is 4.77. The molecule has 0 aliphatic carbocycles. The van der Waals surface area contributed by atoms with E-state index >= 15 is 0 Å². The molecule has 0 radical (unpaired) electrons. The van der Waals surface area contributed by atoms with Gasteiger partial charge in [0.15, 0.2) is 0 Å². The van der Waals surface area contributed by atoms with Crippen molar-refractivity contribution in [3.63, 3.8) is 0 Å². The molecule has 0 fully saturated rings. The van der Waals surface area contributed by atoms with Gasteiger partial charge in [0.25, 0.3) is 5.71 Å². The third kappa shape index (κ3) is 2.97. The smallest absolute Gasteiger partial charge is 0.416 e. The number of alkyl halides is 3. The lowest BCUT2D eigenvalue weighted by Gasteiger charge is -2.40. The number of nitrogens with zero attached hydrogens (tertiary/aromatic N) is 3. The number of benzene rings is 2. The van der Waals surface area contributed by atoms with Crippen molar-refractivity contribution >= 4 is 22.9 Å². The van der Waals surface area contributed by atoms with Gasteiger partial charge in [-0.15, -0.1) is 0 Å². The first-order chi connectivity index (χ1) is 12.7. The van der Waals surface area contributed by atoms with E-state index in [9.17, 15) is 18.4 Å². The molecule has 0 atom stereocenters. The molecule has 0 N–H and O–H groups in total. The largest absolute Gasteiger partial charge is 0.618 e. The lowest BCUT2D eigenvalue weighted by Crippen LogP contribution is -2.51. The van der Waals surface area contributed by atoms with Crippen LogP contribution in [-0.2, 0) is 6.18 Å². The predicted molar refractivity (Wildman–Crippen MR) is 98.7 cm³/mol. The average Bonchev–Trinajstić information content (AvgIpc) is 2.62. The molecule has 0 aromatic heterocycles. The Kier molecular flexibility index (Phi) is 3.80. The van der Waals surface area contributed by atoms with E-state index in [1.807, 2.05) is 24.8 Å². The van der Waals surface area contributed by atoms with Gasteiger partial charge in [0.05, 0.1) is 11.1 Å². The van der Waals surface area contributed by atoms with Gasteiger partial charge >= 0.3 is 6.18 Å². The zero-order valence-corrected chi connectivity index (χ0v) is 14.9. The van der Waals surface area contributed by atoms with E-state index in [4.69, 9.17) is 0 Å². The maximum absolute atomic E-state index is 13.2. The molecule has 2 aliphatic heterocycles. The summed E-state index contributed by atoms with van der Waals surface area (Å²) in [7, 11) is 0. The minimum absolute atomic E-state index is 0.0136. The molecule has 0 spiro atoms. The second-order valence-corrected chi connectivity index (χ2v) is 7.60. The van der Waals surface area contributed by atoms with E-state index in [2.05, 4.69) is 4.99 Å². The quantitative estimate of drug-likeness (QED) is 0.542. The average molecular weight is 373 g/mol. The van der Waals surface area contributed by atoms with Crippen LogP contribution in [0.25, 0.3) is 0 Å². The first-order valence-corrected chi connectivity index (χ1v) is 8.61. The summed E-state index contributed by atoms with van der Waals surface area (Å²) in [5.74, 6) is 0.503. The van der Waals surface area contributed by atoms with Crippen molar-refractivity contribution in [1.82, 2.24) is 0 Å². The van der Waals surface area contributed by atoms with Gasteiger partial charge in [0, 0.05) is 24.6 Å². The Morgan fingerprint density at radius 3 is 2.48 bits per heavy atom. The van der Waals surface area contributed by atoms with Crippen molar-refractivity contribution in [2.75, 3.05) is 18.0 Å². The van der Waals surface area contributed by atoms with E-state index in [0.29, 0.717) is 34.9 Å². The van der Waals surface area contributed by atoms with Gasteiger partial charge in [0.2, 0.25) is 11.5 Å². The Balaban J connectivity index is 1.99. The van der Waals surface area contributed by atoms with Crippen molar-refractivity contribution < 1.29 is 17.9 Å². The Labute approximate surface area is 154 Å². The highest BCUT2D eigenvalue weighted by molar-refractivity contribution is 6.51. The van der Waals surface area contributed by atoms with Crippen molar-refractivity contribution in [3.05, 3.63) is 64.9 Å². The summed E-state index contributed by atoms with van der Waals surface area (Å²) in [6, 6.07) is 12.2. The van der Waals surface area contributed by atoms with Crippen LogP contribution in [0.2, 0.25) is 0 Å². The molecule has 2 aromatic carbocycles. The number of rotatable bonds is 1. The summed E-state index contributed by atoms with van der Waals surface area (Å²) < 4.78 is 40.2. The Bertz CT molecular complexity index is 962. The molecule has 27 heavy (non-hydrogen) atoms. The first kappa shape index (κ1) is 17.6. The van der Waals surface area contributed by atoms with Gasteiger partial charge < -0.3 is 10.1 Å². The molecule has 140 valence electrons. The summed E-state index contributed by atoms with van der Waals surface area (Å²) in [5.41, 5.74) is 0.337. The van der Waals surface area contributed by atoms with Gasteiger partial charge in [-0.2, -0.15) is 17.9 Å². The van der Waals surface area contributed by atoms with Crippen molar-refractivity contribution in [2.24, 2.45) is 10.4 Å². The van der Waals surface area contributed by atoms with Gasteiger partial charge in [0.1, 0.15) is 5.69 Å². The van der Waals surface area contributed by atoms with Crippen LogP contribution >= 0.6 is 0 Å². The van der Waals surface area contributed by atoms with Crippen LogP contribution < -0.4 is 4.90 Å². The molecular formula is C20H18F3N3O. The number of anilines is 1. The molecule has 4 nitrogen and oxygen atoms in total. The molecule has 0 amide bonds. The Morgan fingerprint density at radius 2 is 1.81 bits per heavy atom. The van der Waals surface area contributed by atoms with E-state index in [0.717, 1.165) is 12.1 Å².